The van der Waals surface area contributed by atoms with E-state index in [1.165, 1.54) is 0 Å². The van der Waals surface area contributed by atoms with Gasteiger partial charge in [0, 0.05) is 0 Å². The Morgan fingerprint density at radius 3 is 2.00 bits per heavy atom. The summed E-state index contributed by atoms with van der Waals surface area (Å²) in [6.07, 6.45) is 0. The zero-order valence-corrected chi connectivity index (χ0v) is 6.95. The predicted molar refractivity (Wildman–Crippen MR) is 47.1 cm³/mol. The van der Waals surface area contributed by atoms with Crippen LogP contribution in [0.1, 0.15) is 5.56 Å². The molecule has 0 aromatic heterocycles. The van der Waals surface area contributed by atoms with Gasteiger partial charge in [0.25, 0.3) is 5.97 Å². The molecule has 0 heterocycles. The average molecular weight is 167 g/mol. The fraction of sp³-hybridized carbons (Fsp3) is 0.250. The lowest BCUT2D eigenvalue weighted by molar-refractivity contribution is 0.0902. The fourth-order valence-electron chi connectivity index (χ4n) is 0.810. The standard InChI is InChI=1S/C8H13N3O/c1-6-2-4-7(5-3-6)12-8(9,10)11/h2-5H,9-11H2,1H3. The average Bonchev–Trinajstić information content (AvgIpc) is 1.91. The summed E-state index contributed by atoms with van der Waals surface area (Å²) in [4.78, 5) is 0. The van der Waals surface area contributed by atoms with Crippen molar-refractivity contribution in [2.45, 2.75) is 12.9 Å². The molecule has 4 heteroatoms. The Kier molecular flexibility index (Phi) is 2.32. The Labute approximate surface area is 71.3 Å². The number of nitrogens with two attached hydrogens (primary N) is 3. The molecule has 0 radical (unpaired) electrons. The van der Waals surface area contributed by atoms with E-state index in [2.05, 4.69) is 0 Å². The fourth-order valence-corrected chi connectivity index (χ4v) is 0.810. The summed E-state index contributed by atoms with van der Waals surface area (Å²) in [5.74, 6) is -1.04. The number of rotatable bonds is 2. The normalized spacial score (nSPS) is 11.3. The second-order valence-corrected chi connectivity index (χ2v) is 2.77. The van der Waals surface area contributed by atoms with Crippen LogP contribution in [0.25, 0.3) is 0 Å². The molecular weight excluding hydrogens is 154 g/mol. The Bertz CT molecular complexity index is 250. The summed E-state index contributed by atoms with van der Waals surface area (Å²) in [5, 5.41) is 0. The Morgan fingerprint density at radius 1 is 1.08 bits per heavy atom. The second kappa shape index (κ2) is 3.10. The Hall–Kier alpha value is -1.10. The first-order chi connectivity index (χ1) is 5.47. The van der Waals surface area contributed by atoms with Gasteiger partial charge in [0.2, 0.25) is 0 Å². The van der Waals surface area contributed by atoms with Gasteiger partial charge in [-0.25, -0.2) is 0 Å². The van der Waals surface area contributed by atoms with Crippen LogP contribution in [0.5, 0.6) is 5.75 Å². The Morgan fingerprint density at radius 2 is 1.58 bits per heavy atom. The molecule has 0 amide bonds. The van der Waals surface area contributed by atoms with E-state index in [1.807, 2.05) is 19.1 Å². The van der Waals surface area contributed by atoms with Gasteiger partial charge >= 0.3 is 0 Å². The predicted octanol–water partition coefficient (Wildman–Crippen LogP) is -0.139. The van der Waals surface area contributed by atoms with E-state index in [1.54, 1.807) is 12.1 Å². The van der Waals surface area contributed by atoms with Crippen LogP contribution in [0.3, 0.4) is 0 Å². The minimum atomic E-state index is -1.60. The van der Waals surface area contributed by atoms with Gasteiger partial charge in [-0.2, -0.15) is 0 Å². The van der Waals surface area contributed by atoms with Crippen LogP contribution in [-0.2, 0) is 0 Å². The first-order valence-corrected chi connectivity index (χ1v) is 3.60. The van der Waals surface area contributed by atoms with Crippen molar-refractivity contribution in [2.24, 2.45) is 17.2 Å². The van der Waals surface area contributed by atoms with Crippen LogP contribution >= 0.6 is 0 Å². The summed E-state index contributed by atoms with van der Waals surface area (Å²) in [6, 6.07) is 7.30. The van der Waals surface area contributed by atoms with Crippen LogP contribution < -0.4 is 21.9 Å². The highest BCUT2D eigenvalue weighted by atomic mass is 16.5. The van der Waals surface area contributed by atoms with Crippen LogP contribution in [0.15, 0.2) is 24.3 Å². The van der Waals surface area contributed by atoms with Gasteiger partial charge in [-0.1, -0.05) is 17.7 Å². The summed E-state index contributed by atoms with van der Waals surface area (Å²) in [5.41, 5.74) is 16.9. The topological polar surface area (TPSA) is 87.3 Å². The molecular formula is C8H13N3O. The van der Waals surface area contributed by atoms with Crippen molar-refractivity contribution >= 4 is 0 Å². The molecule has 0 spiro atoms. The maximum Gasteiger partial charge on any atom is 0.271 e. The van der Waals surface area contributed by atoms with Crippen LogP contribution in [0.2, 0.25) is 0 Å². The first-order valence-electron chi connectivity index (χ1n) is 3.60. The largest absolute Gasteiger partial charge is 0.447 e. The van der Waals surface area contributed by atoms with Gasteiger partial charge in [-0.05, 0) is 19.1 Å². The maximum atomic E-state index is 5.24. The van der Waals surface area contributed by atoms with E-state index < -0.39 is 5.97 Å². The first kappa shape index (κ1) is 8.99. The van der Waals surface area contributed by atoms with Crippen molar-refractivity contribution in [2.75, 3.05) is 0 Å². The van der Waals surface area contributed by atoms with E-state index in [0.29, 0.717) is 5.75 Å². The molecule has 0 unspecified atom stereocenters. The molecule has 0 fully saturated rings. The molecule has 1 aromatic carbocycles. The summed E-state index contributed by atoms with van der Waals surface area (Å²) >= 11 is 0. The molecule has 0 aliphatic carbocycles. The lowest BCUT2D eigenvalue weighted by atomic mass is 10.2. The molecule has 1 rings (SSSR count). The molecule has 0 saturated carbocycles. The van der Waals surface area contributed by atoms with E-state index in [4.69, 9.17) is 21.9 Å². The van der Waals surface area contributed by atoms with Gasteiger partial charge in [0.15, 0.2) is 0 Å². The van der Waals surface area contributed by atoms with Gasteiger partial charge in [-0.15, -0.1) is 0 Å². The number of benzene rings is 1. The van der Waals surface area contributed by atoms with E-state index >= 15 is 0 Å². The number of hydrogen-bond donors (Lipinski definition) is 3. The summed E-state index contributed by atoms with van der Waals surface area (Å²) in [7, 11) is 0. The minimum Gasteiger partial charge on any atom is -0.447 e. The molecule has 0 aliphatic heterocycles. The third-order valence-corrected chi connectivity index (χ3v) is 1.32. The highest BCUT2D eigenvalue weighted by Crippen LogP contribution is 2.12. The van der Waals surface area contributed by atoms with Crippen molar-refractivity contribution < 1.29 is 4.74 Å². The van der Waals surface area contributed by atoms with Crippen molar-refractivity contribution in [1.29, 1.82) is 0 Å². The molecule has 0 bridgehead atoms. The van der Waals surface area contributed by atoms with Crippen LogP contribution in [0, 0.1) is 6.92 Å². The molecule has 0 aliphatic rings. The summed E-state index contributed by atoms with van der Waals surface area (Å²) in [6.45, 7) is 1.98. The van der Waals surface area contributed by atoms with Gasteiger partial charge in [-0.3, -0.25) is 17.2 Å². The zero-order valence-electron chi connectivity index (χ0n) is 6.95. The second-order valence-electron chi connectivity index (χ2n) is 2.77. The van der Waals surface area contributed by atoms with E-state index in [-0.39, 0.29) is 0 Å². The maximum absolute atomic E-state index is 5.24. The molecule has 0 atom stereocenters. The minimum absolute atomic E-state index is 0.563. The highest BCUT2D eigenvalue weighted by molar-refractivity contribution is 5.26. The SMILES string of the molecule is Cc1ccc(OC(N)(N)N)cc1. The zero-order chi connectivity index (χ0) is 9.19. The number of hydrogen-bond acceptors (Lipinski definition) is 4. The Balaban J connectivity index is 2.71. The van der Waals surface area contributed by atoms with Gasteiger partial charge in [0.05, 0.1) is 0 Å². The van der Waals surface area contributed by atoms with Gasteiger partial charge < -0.3 is 4.74 Å². The number of ether oxygens (including phenoxy) is 1. The molecule has 1 aromatic rings. The number of aryl methyl sites for hydroxylation is 1. The van der Waals surface area contributed by atoms with Gasteiger partial charge in [0.1, 0.15) is 5.75 Å². The molecule has 4 nitrogen and oxygen atoms in total. The molecule has 6 N–H and O–H groups in total. The van der Waals surface area contributed by atoms with Crippen molar-refractivity contribution in [3.05, 3.63) is 29.8 Å². The van der Waals surface area contributed by atoms with Crippen LogP contribution in [-0.4, -0.2) is 5.97 Å². The third kappa shape index (κ3) is 2.87. The van der Waals surface area contributed by atoms with E-state index in [0.717, 1.165) is 5.56 Å². The van der Waals surface area contributed by atoms with E-state index in [9.17, 15) is 0 Å². The lowest BCUT2D eigenvalue weighted by Gasteiger charge is -2.19. The smallest absolute Gasteiger partial charge is 0.271 e. The monoisotopic (exact) mass is 167 g/mol. The molecule has 0 saturated heterocycles. The third-order valence-electron chi connectivity index (χ3n) is 1.32. The highest BCUT2D eigenvalue weighted by Gasteiger charge is 2.12. The summed E-state index contributed by atoms with van der Waals surface area (Å²) < 4.78 is 4.99. The lowest BCUT2D eigenvalue weighted by Crippen LogP contribution is -2.62. The van der Waals surface area contributed by atoms with Crippen molar-refractivity contribution in [3.63, 3.8) is 0 Å². The molecule has 12 heavy (non-hydrogen) atoms. The van der Waals surface area contributed by atoms with Crippen molar-refractivity contribution in [3.8, 4) is 5.75 Å². The van der Waals surface area contributed by atoms with Crippen molar-refractivity contribution in [1.82, 2.24) is 0 Å². The quantitative estimate of drug-likeness (QED) is 0.535. The molecule has 66 valence electrons. The van der Waals surface area contributed by atoms with Crippen LogP contribution in [0.4, 0.5) is 0 Å².